The first-order chi connectivity index (χ1) is 14.1. The summed E-state index contributed by atoms with van der Waals surface area (Å²) in [6, 6.07) is 9.18. The van der Waals surface area contributed by atoms with Crippen molar-refractivity contribution >= 4 is 11.6 Å². The number of rotatable bonds is 5. The average Bonchev–Trinajstić information content (AvgIpc) is 3.19. The van der Waals surface area contributed by atoms with Crippen LogP contribution in [0.15, 0.2) is 36.5 Å². The van der Waals surface area contributed by atoms with E-state index in [1.54, 1.807) is 31.0 Å². The molecule has 0 atom stereocenters. The van der Waals surface area contributed by atoms with Gasteiger partial charge in [0.2, 0.25) is 0 Å². The molecule has 29 heavy (non-hydrogen) atoms. The Morgan fingerprint density at radius 2 is 1.86 bits per heavy atom. The quantitative estimate of drug-likeness (QED) is 0.687. The molecule has 0 radical (unpaired) electrons. The summed E-state index contributed by atoms with van der Waals surface area (Å²) in [4.78, 5) is 17.0. The van der Waals surface area contributed by atoms with E-state index in [0.29, 0.717) is 35.7 Å². The number of fused-ring (bicyclic) bond motifs is 1. The number of hydrogen-bond donors (Lipinski definition) is 2. The Morgan fingerprint density at radius 1 is 1.10 bits per heavy atom. The van der Waals surface area contributed by atoms with Crippen LogP contribution in [0.4, 0.5) is 0 Å². The number of hydrogen-bond acceptors (Lipinski definition) is 6. The van der Waals surface area contributed by atoms with E-state index in [4.69, 9.17) is 9.47 Å². The summed E-state index contributed by atoms with van der Waals surface area (Å²) in [5.74, 6) is 1.02. The maximum Gasteiger partial charge on any atom is 0.272 e. The number of carbonyl (C=O) groups is 1. The predicted octanol–water partition coefficient (Wildman–Crippen LogP) is 2.45. The molecule has 8 nitrogen and oxygen atoms in total. The third-order valence-corrected chi connectivity index (χ3v) is 5.30. The molecule has 2 heterocycles. The summed E-state index contributed by atoms with van der Waals surface area (Å²) in [5, 5.41) is 17.1. The highest BCUT2D eigenvalue weighted by atomic mass is 16.5. The second-order valence-electron chi connectivity index (χ2n) is 7.18. The molecule has 152 valence electrons. The van der Waals surface area contributed by atoms with Gasteiger partial charge >= 0.3 is 0 Å². The number of aromatic nitrogens is 3. The molecule has 0 aliphatic heterocycles. The molecule has 1 amide bonds. The molecule has 0 saturated heterocycles. The van der Waals surface area contributed by atoms with Gasteiger partial charge < -0.3 is 19.9 Å². The molecule has 2 N–H and O–H groups in total. The Kier molecular flexibility index (Phi) is 5.35. The summed E-state index contributed by atoms with van der Waals surface area (Å²) in [6.45, 7) is 0. The van der Waals surface area contributed by atoms with E-state index in [1.807, 2.05) is 24.3 Å². The summed E-state index contributed by atoms with van der Waals surface area (Å²) >= 11 is 0. The van der Waals surface area contributed by atoms with Crippen LogP contribution in [0.3, 0.4) is 0 Å². The van der Waals surface area contributed by atoms with Gasteiger partial charge in [0.25, 0.3) is 5.91 Å². The van der Waals surface area contributed by atoms with Crippen molar-refractivity contribution < 1.29 is 19.4 Å². The van der Waals surface area contributed by atoms with E-state index < -0.39 is 0 Å². The standard InChI is InChI=1S/C21H24N4O4/c1-28-18-8-3-13(11-19(18)29-2)17-9-10-22-20-12-16(24-25(17)20)21(27)23-14-4-6-15(26)7-5-14/h3,8-12,14-15,26H,4-7H2,1-2H3,(H,23,27)/t14-,15+. The van der Waals surface area contributed by atoms with E-state index in [2.05, 4.69) is 15.4 Å². The van der Waals surface area contributed by atoms with Crippen LogP contribution in [0.2, 0.25) is 0 Å². The van der Waals surface area contributed by atoms with E-state index in [0.717, 1.165) is 24.1 Å². The van der Waals surface area contributed by atoms with Crippen LogP contribution < -0.4 is 14.8 Å². The van der Waals surface area contributed by atoms with Crippen LogP contribution in [0.5, 0.6) is 11.5 Å². The lowest BCUT2D eigenvalue weighted by Crippen LogP contribution is -2.38. The molecule has 0 bridgehead atoms. The molecule has 0 spiro atoms. The number of ether oxygens (including phenoxy) is 2. The van der Waals surface area contributed by atoms with Crippen molar-refractivity contribution in [2.24, 2.45) is 0 Å². The van der Waals surface area contributed by atoms with Gasteiger partial charge in [0.05, 0.1) is 26.0 Å². The molecule has 8 heteroatoms. The summed E-state index contributed by atoms with van der Waals surface area (Å²) in [5.41, 5.74) is 2.56. The number of methoxy groups -OCH3 is 2. The normalized spacial score (nSPS) is 19.1. The number of aliphatic hydroxyl groups excluding tert-OH is 1. The first-order valence-corrected chi connectivity index (χ1v) is 9.65. The number of nitrogens with zero attached hydrogens (tertiary/aromatic N) is 3. The van der Waals surface area contributed by atoms with Crippen LogP contribution in [-0.4, -0.2) is 52.0 Å². The van der Waals surface area contributed by atoms with Crippen molar-refractivity contribution in [1.29, 1.82) is 0 Å². The zero-order chi connectivity index (χ0) is 20.4. The maximum atomic E-state index is 12.7. The van der Waals surface area contributed by atoms with Crippen molar-refractivity contribution in [3.63, 3.8) is 0 Å². The summed E-state index contributed by atoms with van der Waals surface area (Å²) < 4.78 is 12.3. The molecule has 1 saturated carbocycles. The minimum Gasteiger partial charge on any atom is -0.493 e. The SMILES string of the molecule is COc1ccc(-c2ccnc3cc(C(=O)N[C@H]4CC[C@@H](O)CC4)nn23)cc1OC. The fraction of sp³-hybridized carbons (Fsp3) is 0.381. The number of amides is 1. The van der Waals surface area contributed by atoms with Gasteiger partial charge in [-0.25, -0.2) is 9.50 Å². The first kappa shape index (κ1) is 19.2. The fourth-order valence-corrected chi connectivity index (χ4v) is 3.70. The van der Waals surface area contributed by atoms with Gasteiger partial charge in [-0.05, 0) is 49.9 Å². The minimum absolute atomic E-state index is 0.0639. The molecular weight excluding hydrogens is 372 g/mol. The molecule has 1 aromatic carbocycles. The lowest BCUT2D eigenvalue weighted by Gasteiger charge is -2.25. The fourth-order valence-electron chi connectivity index (χ4n) is 3.70. The van der Waals surface area contributed by atoms with E-state index >= 15 is 0 Å². The van der Waals surface area contributed by atoms with Gasteiger partial charge in [-0.1, -0.05) is 0 Å². The molecule has 1 fully saturated rings. The van der Waals surface area contributed by atoms with Gasteiger partial charge in [0.1, 0.15) is 0 Å². The monoisotopic (exact) mass is 396 g/mol. The molecule has 1 aliphatic rings. The number of benzene rings is 1. The van der Waals surface area contributed by atoms with Gasteiger partial charge in [-0.3, -0.25) is 4.79 Å². The van der Waals surface area contributed by atoms with Crippen molar-refractivity contribution in [3.8, 4) is 22.8 Å². The lowest BCUT2D eigenvalue weighted by molar-refractivity contribution is 0.0863. The maximum absolute atomic E-state index is 12.7. The Morgan fingerprint density at radius 3 is 2.59 bits per heavy atom. The molecule has 4 rings (SSSR count). The summed E-state index contributed by atoms with van der Waals surface area (Å²) in [7, 11) is 3.18. The van der Waals surface area contributed by atoms with Crippen molar-refractivity contribution in [1.82, 2.24) is 19.9 Å². The van der Waals surface area contributed by atoms with Gasteiger partial charge in [-0.2, -0.15) is 5.10 Å². The van der Waals surface area contributed by atoms with Gasteiger partial charge in [0, 0.05) is 23.9 Å². The largest absolute Gasteiger partial charge is 0.493 e. The average molecular weight is 396 g/mol. The highest BCUT2D eigenvalue weighted by Crippen LogP contribution is 2.32. The number of carbonyl (C=O) groups excluding carboxylic acids is 1. The Hall–Kier alpha value is -3.13. The number of nitrogens with one attached hydrogen (secondary N) is 1. The molecular formula is C21H24N4O4. The van der Waals surface area contributed by atoms with E-state index in [9.17, 15) is 9.90 Å². The molecule has 3 aromatic rings. The van der Waals surface area contributed by atoms with Crippen LogP contribution in [0.1, 0.15) is 36.2 Å². The third kappa shape index (κ3) is 3.88. The van der Waals surface area contributed by atoms with E-state index in [-0.39, 0.29) is 18.1 Å². The Bertz CT molecular complexity index is 1020. The Labute approximate surface area is 168 Å². The Balaban J connectivity index is 1.63. The number of aliphatic hydroxyl groups is 1. The van der Waals surface area contributed by atoms with Crippen LogP contribution >= 0.6 is 0 Å². The van der Waals surface area contributed by atoms with Crippen molar-refractivity contribution in [2.75, 3.05) is 14.2 Å². The lowest BCUT2D eigenvalue weighted by atomic mass is 9.93. The predicted molar refractivity (Wildman–Crippen MR) is 107 cm³/mol. The highest BCUT2D eigenvalue weighted by Gasteiger charge is 2.23. The zero-order valence-corrected chi connectivity index (χ0v) is 16.5. The first-order valence-electron chi connectivity index (χ1n) is 9.65. The second-order valence-corrected chi connectivity index (χ2v) is 7.18. The summed E-state index contributed by atoms with van der Waals surface area (Å²) in [6.07, 6.45) is 4.40. The minimum atomic E-state index is -0.258. The van der Waals surface area contributed by atoms with Gasteiger partial charge in [-0.15, -0.1) is 0 Å². The molecule has 2 aromatic heterocycles. The van der Waals surface area contributed by atoms with Crippen LogP contribution in [0.25, 0.3) is 16.9 Å². The van der Waals surface area contributed by atoms with Crippen molar-refractivity contribution in [3.05, 3.63) is 42.2 Å². The van der Waals surface area contributed by atoms with Crippen molar-refractivity contribution in [2.45, 2.75) is 37.8 Å². The van der Waals surface area contributed by atoms with Gasteiger partial charge in [0.15, 0.2) is 22.8 Å². The highest BCUT2D eigenvalue weighted by molar-refractivity contribution is 5.93. The molecule has 1 aliphatic carbocycles. The zero-order valence-electron chi connectivity index (χ0n) is 16.5. The topological polar surface area (TPSA) is 98.0 Å². The van der Waals surface area contributed by atoms with Crippen LogP contribution in [-0.2, 0) is 0 Å². The second kappa shape index (κ2) is 8.08. The van der Waals surface area contributed by atoms with Crippen LogP contribution in [0, 0.1) is 0 Å². The smallest absolute Gasteiger partial charge is 0.272 e. The van der Waals surface area contributed by atoms with E-state index in [1.165, 1.54) is 0 Å². The molecule has 0 unspecified atom stereocenters. The third-order valence-electron chi connectivity index (χ3n) is 5.30.